The van der Waals surface area contributed by atoms with E-state index in [2.05, 4.69) is 20.3 Å². The quantitative estimate of drug-likeness (QED) is 0.496. The van der Waals surface area contributed by atoms with Gasteiger partial charge in [0.05, 0.1) is 19.1 Å². The van der Waals surface area contributed by atoms with Crippen molar-refractivity contribution in [2.45, 2.75) is 37.6 Å². The molecule has 1 amide bonds. The topological polar surface area (TPSA) is 109 Å². The van der Waals surface area contributed by atoms with Gasteiger partial charge in [0.25, 0.3) is 10.0 Å². The van der Waals surface area contributed by atoms with Crippen LogP contribution in [-0.2, 0) is 21.2 Å². The van der Waals surface area contributed by atoms with Crippen LogP contribution in [0.1, 0.15) is 36.9 Å². The van der Waals surface area contributed by atoms with Crippen LogP contribution in [0.2, 0.25) is 0 Å². The predicted molar refractivity (Wildman–Crippen MR) is 117 cm³/mol. The van der Waals surface area contributed by atoms with E-state index in [1.165, 1.54) is 24.5 Å². The average Bonchev–Trinajstić information content (AvgIpc) is 3.21. The summed E-state index contributed by atoms with van der Waals surface area (Å²) < 4.78 is 33.3. The van der Waals surface area contributed by atoms with Gasteiger partial charge in [-0.1, -0.05) is 13.0 Å². The summed E-state index contributed by atoms with van der Waals surface area (Å²) in [7, 11) is -2.45. The van der Waals surface area contributed by atoms with Gasteiger partial charge >= 0.3 is 0 Å². The van der Waals surface area contributed by atoms with Gasteiger partial charge in [-0.05, 0) is 43.3 Å². The highest BCUT2D eigenvalue weighted by Crippen LogP contribution is 2.26. The summed E-state index contributed by atoms with van der Waals surface area (Å²) in [4.78, 5) is 16.5. The lowest BCUT2D eigenvalue weighted by Gasteiger charge is -2.15. The highest BCUT2D eigenvalue weighted by Gasteiger charge is 2.22. The van der Waals surface area contributed by atoms with E-state index in [1.54, 1.807) is 18.3 Å². The van der Waals surface area contributed by atoms with Crippen LogP contribution < -0.4 is 20.1 Å². The summed E-state index contributed by atoms with van der Waals surface area (Å²) in [5.41, 5.74) is 0.536. The molecule has 2 aromatic rings. The molecule has 0 saturated carbocycles. The molecule has 3 N–H and O–H groups in total. The Kier molecular flexibility index (Phi) is 8.35. The van der Waals surface area contributed by atoms with Crippen LogP contribution in [0.5, 0.6) is 5.75 Å². The minimum Gasteiger partial charge on any atom is -0.492 e. The number of carbonyl (C=O) groups excluding carboxylic acids is 1. The standard InChI is InChI=1S/C18H24N4O4S3/c1-4-8-26-14-6-5-13(10-15(14)29(24,25)22-18(27)19-3)11-16(23)21-12(2)17-20-7-9-28-17/h5-7,9-10,12H,4,8,11H2,1-3H3,(H,21,23)(H2,19,22,27). The molecule has 1 aromatic heterocycles. The van der Waals surface area contributed by atoms with Gasteiger partial charge in [0.1, 0.15) is 15.7 Å². The molecule has 0 bridgehead atoms. The lowest BCUT2D eigenvalue weighted by atomic mass is 10.1. The first kappa shape index (κ1) is 23.0. The van der Waals surface area contributed by atoms with Crippen LogP contribution in [-0.4, -0.2) is 38.1 Å². The number of nitrogens with zero attached hydrogens (tertiary/aromatic N) is 1. The van der Waals surface area contributed by atoms with Crippen LogP contribution in [0.4, 0.5) is 0 Å². The maximum absolute atomic E-state index is 12.7. The van der Waals surface area contributed by atoms with E-state index in [-0.39, 0.29) is 34.1 Å². The molecule has 1 atom stereocenters. The lowest BCUT2D eigenvalue weighted by molar-refractivity contribution is -0.121. The van der Waals surface area contributed by atoms with Crippen LogP contribution in [0.15, 0.2) is 34.7 Å². The Morgan fingerprint density at radius 3 is 2.76 bits per heavy atom. The zero-order valence-corrected chi connectivity index (χ0v) is 18.8. The first-order valence-electron chi connectivity index (χ1n) is 8.95. The Morgan fingerprint density at radius 2 is 2.14 bits per heavy atom. The smallest absolute Gasteiger partial charge is 0.267 e. The molecule has 1 unspecified atom stereocenters. The molecule has 2 rings (SSSR count). The zero-order chi connectivity index (χ0) is 21.4. The number of thiocarbonyl (C=S) groups is 1. The van der Waals surface area contributed by atoms with E-state index in [0.717, 1.165) is 11.4 Å². The summed E-state index contributed by atoms with van der Waals surface area (Å²) in [6.45, 7) is 4.13. The number of rotatable bonds is 9. The van der Waals surface area contributed by atoms with E-state index in [0.29, 0.717) is 12.2 Å². The molecule has 158 valence electrons. The van der Waals surface area contributed by atoms with Crippen LogP contribution >= 0.6 is 23.6 Å². The first-order chi connectivity index (χ1) is 13.8. The molecule has 0 aliphatic carbocycles. The minimum absolute atomic E-state index is 0.0166. The second-order valence-corrected chi connectivity index (χ2v) is 9.14. The fourth-order valence-corrected chi connectivity index (χ4v) is 4.55. The van der Waals surface area contributed by atoms with Crippen LogP contribution in [0, 0.1) is 0 Å². The van der Waals surface area contributed by atoms with Crippen molar-refractivity contribution in [3.63, 3.8) is 0 Å². The number of hydrogen-bond acceptors (Lipinski definition) is 7. The maximum atomic E-state index is 12.7. The number of aromatic nitrogens is 1. The third-order valence-corrected chi connectivity index (χ3v) is 6.54. The molecule has 0 fully saturated rings. The molecule has 8 nitrogen and oxygen atoms in total. The van der Waals surface area contributed by atoms with Gasteiger partial charge in [0.2, 0.25) is 5.91 Å². The number of benzene rings is 1. The Labute approximate surface area is 180 Å². The second-order valence-electron chi connectivity index (χ2n) is 6.15. The molecule has 0 aliphatic heterocycles. The van der Waals surface area contributed by atoms with Gasteiger partial charge in [0, 0.05) is 18.6 Å². The van der Waals surface area contributed by atoms with Crippen LogP contribution in [0.25, 0.3) is 0 Å². The molecular weight excluding hydrogens is 432 g/mol. The Morgan fingerprint density at radius 1 is 1.38 bits per heavy atom. The molecule has 0 saturated heterocycles. The number of carbonyl (C=O) groups is 1. The van der Waals surface area contributed by atoms with Gasteiger partial charge in [-0.2, -0.15) is 0 Å². The summed E-state index contributed by atoms with van der Waals surface area (Å²) in [6.07, 6.45) is 2.42. The third kappa shape index (κ3) is 6.65. The summed E-state index contributed by atoms with van der Waals surface area (Å²) in [6, 6.07) is 4.43. The molecule has 0 aliphatic rings. The summed E-state index contributed by atoms with van der Waals surface area (Å²) in [5, 5.41) is 8.03. The van der Waals surface area contributed by atoms with E-state index in [4.69, 9.17) is 17.0 Å². The Bertz CT molecular complexity index is 946. The van der Waals surface area contributed by atoms with Crippen molar-refractivity contribution in [3.05, 3.63) is 40.3 Å². The van der Waals surface area contributed by atoms with E-state index < -0.39 is 10.0 Å². The predicted octanol–water partition coefficient (Wildman–Crippen LogP) is 2.13. The fourth-order valence-electron chi connectivity index (χ4n) is 2.42. The normalized spacial score (nSPS) is 12.1. The van der Waals surface area contributed by atoms with Crippen LogP contribution in [0.3, 0.4) is 0 Å². The lowest BCUT2D eigenvalue weighted by Crippen LogP contribution is -2.37. The van der Waals surface area contributed by atoms with Crippen molar-refractivity contribution in [1.29, 1.82) is 0 Å². The van der Waals surface area contributed by atoms with Crippen molar-refractivity contribution >= 4 is 44.6 Å². The number of amides is 1. The SMILES string of the molecule is CCCOc1ccc(CC(=O)NC(C)c2nccs2)cc1S(=O)(=O)NC(=S)NC. The van der Waals surface area contributed by atoms with Crippen molar-refractivity contribution in [1.82, 2.24) is 20.3 Å². The highest BCUT2D eigenvalue weighted by atomic mass is 32.2. The summed E-state index contributed by atoms with van der Waals surface area (Å²) >= 11 is 6.37. The largest absolute Gasteiger partial charge is 0.492 e. The maximum Gasteiger partial charge on any atom is 0.267 e. The molecule has 1 heterocycles. The molecular formula is C18H24N4O4S3. The summed E-state index contributed by atoms with van der Waals surface area (Å²) in [5.74, 6) is -0.0319. The van der Waals surface area contributed by atoms with E-state index in [1.807, 2.05) is 19.2 Å². The van der Waals surface area contributed by atoms with Gasteiger partial charge in [-0.3, -0.25) is 9.52 Å². The second kappa shape index (κ2) is 10.5. The number of ether oxygens (including phenoxy) is 1. The minimum atomic E-state index is -3.97. The first-order valence-corrected chi connectivity index (χ1v) is 11.7. The number of thiazole rings is 1. The molecule has 1 aromatic carbocycles. The zero-order valence-electron chi connectivity index (χ0n) is 16.4. The van der Waals surface area contributed by atoms with Crippen molar-refractivity contribution < 1.29 is 17.9 Å². The monoisotopic (exact) mass is 456 g/mol. The Hall–Kier alpha value is -2.24. The Balaban J connectivity index is 2.22. The van der Waals surface area contributed by atoms with Crippen molar-refractivity contribution in [2.24, 2.45) is 0 Å². The molecule has 11 heteroatoms. The van der Waals surface area contributed by atoms with Crippen molar-refractivity contribution in [3.8, 4) is 5.75 Å². The van der Waals surface area contributed by atoms with Gasteiger partial charge < -0.3 is 15.4 Å². The number of nitrogens with one attached hydrogen (secondary N) is 3. The highest BCUT2D eigenvalue weighted by molar-refractivity contribution is 7.92. The number of hydrogen-bond donors (Lipinski definition) is 3. The van der Waals surface area contributed by atoms with E-state index in [9.17, 15) is 13.2 Å². The molecule has 0 radical (unpaired) electrons. The average molecular weight is 457 g/mol. The molecule has 0 spiro atoms. The third-order valence-electron chi connectivity index (χ3n) is 3.78. The number of sulfonamides is 1. The van der Waals surface area contributed by atoms with Gasteiger partial charge in [-0.15, -0.1) is 11.3 Å². The van der Waals surface area contributed by atoms with Gasteiger partial charge in [0.15, 0.2) is 5.11 Å². The van der Waals surface area contributed by atoms with E-state index >= 15 is 0 Å². The van der Waals surface area contributed by atoms with Gasteiger partial charge in [-0.25, -0.2) is 13.4 Å². The van der Waals surface area contributed by atoms with Crippen molar-refractivity contribution in [2.75, 3.05) is 13.7 Å². The fraction of sp³-hybridized carbons (Fsp3) is 0.389. The molecule has 29 heavy (non-hydrogen) atoms.